The van der Waals surface area contributed by atoms with E-state index in [1.165, 1.54) is 31.9 Å². The topological polar surface area (TPSA) is 63.6 Å². The minimum atomic E-state index is -0.577. The molecule has 0 aromatic rings. The molecule has 0 aromatic heterocycles. The van der Waals surface area contributed by atoms with Crippen molar-refractivity contribution in [3.05, 3.63) is 46.0 Å². The molecular formula is C22H30O4. The first kappa shape index (κ1) is 20.2. The Kier molecular flexibility index (Phi) is 6.27. The molecule has 0 amide bonds. The van der Waals surface area contributed by atoms with Gasteiger partial charge in [-0.05, 0) is 57.8 Å². The second kappa shape index (κ2) is 8.07. The van der Waals surface area contributed by atoms with Gasteiger partial charge in [-0.2, -0.15) is 0 Å². The van der Waals surface area contributed by atoms with Gasteiger partial charge >= 0.3 is 0 Å². The van der Waals surface area contributed by atoms with Crippen molar-refractivity contribution in [1.29, 1.82) is 0 Å². The fraction of sp³-hybridized carbons (Fsp3) is 0.545. The van der Waals surface area contributed by atoms with Crippen LogP contribution in [0.25, 0.3) is 0 Å². The van der Waals surface area contributed by atoms with Crippen LogP contribution in [0.4, 0.5) is 0 Å². The molecule has 1 N–H and O–H groups in total. The summed E-state index contributed by atoms with van der Waals surface area (Å²) in [6, 6.07) is 0. The van der Waals surface area contributed by atoms with Gasteiger partial charge in [0.2, 0.25) is 11.6 Å². The van der Waals surface area contributed by atoms with Crippen molar-refractivity contribution >= 4 is 11.6 Å². The van der Waals surface area contributed by atoms with Crippen molar-refractivity contribution in [1.82, 2.24) is 0 Å². The van der Waals surface area contributed by atoms with Crippen LogP contribution in [-0.2, 0) is 14.3 Å². The fourth-order valence-electron chi connectivity index (χ4n) is 3.93. The Morgan fingerprint density at radius 1 is 1.35 bits per heavy atom. The highest BCUT2D eigenvalue weighted by atomic mass is 16.5. The lowest BCUT2D eigenvalue weighted by Gasteiger charge is -2.35. The number of ether oxygens (including phenoxy) is 1. The number of allylic oxidation sites excluding steroid dienone is 6. The average molecular weight is 358 g/mol. The zero-order chi connectivity index (χ0) is 19.5. The molecule has 4 nitrogen and oxygen atoms in total. The van der Waals surface area contributed by atoms with Crippen molar-refractivity contribution < 1.29 is 19.4 Å². The molecule has 0 saturated carbocycles. The smallest absolute Gasteiger partial charge is 0.227 e. The first-order chi connectivity index (χ1) is 12.2. The number of rotatable bonds is 6. The maximum absolute atomic E-state index is 12.3. The summed E-state index contributed by atoms with van der Waals surface area (Å²) in [6.07, 6.45) is 8.82. The molecule has 142 valence electrons. The molecule has 0 bridgehead atoms. The zero-order valence-corrected chi connectivity index (χ0v) is 16.6. The van der Waals surface area contributed by atoms with Crippen LogP contribution >= 0.6 is 0 Å². The van der Waals surface area contributed by atoms with E-state index in [-0.39, 0.29) is 23.2 Å². The Labute approximate surface area is 156 Å². The van der Waals surface area contributed by atoms with Gasteiger partial charge in [0.05, 0.1) is 12.7 Å². The largest absolute Gasteiger partial charge is 0.504 e. The Morgan fingerprint density at radius 3 is 2.65 bits per heavy atom. The van der Waals surface area contributed by atoms with Crippen LogP contribution in [0.2, 0.25) is 0 Å². The summed E-state index contributed by atoms with van der Waals surface area (Å²) < 4.78 is 4.94. The van der Waals surface area contributed by atoms with Gasteiger partial charge in [-0.1, -0.05) is 36.6 Å². The van der Waals surface area contributed by atoms with Crippen LogP contribution in [0.5, 0.6) is 0 Å². The van der Waals surface area contributed by atoms with Gasteiger partial charge < -0.3 is 9.84 Å². The minimum Gasteiger partial charge on any atom is -0.504 e. The van der Waals surface area contributed by atoms with E-state index in [0.29, 0.717) is 0 Å². The molecule has 0 heterocycles. The Hall–Kier alpha value is -2.10. The SMILES string of the molecule is COC1=CC(=O)C(O)=C(C/C=C(\C)CCC2=C(C)CCCC2(C)C)C1=O. The molecule has 0 spiro atoms. The molecule has 0 unspecified atom stereocenters. The quantitative estimate of drug-likeness (QED) is 0.528. The Bertz CT molecular complexity index is 729. The molecule has 0 atom stereocenters. The third-order valence-corrected chi connectivity index (χ3v) is 5.61. The Morgan fingerprint density at radius 2 is 2.04 bits per heavy atom. The predicted molar refractivity (Wildman–Crippen MR) is 103 cm³/mol. The van der Waals surface area contributed by atoms with Gasteiger partial charge in [0.15, 0.2) is 11.5 Å². The highest BCUT2D eigenvalue weighted by molar-refractivity contribution is 6.20. The number of carbonyl (C=O) groups is 2. The molecule has 4 heteroatoms. The van der Waals surface area contributed by atoms with E-state index in [9.17, 15) is 14.7 Å². The number of methoxy groups -OCH3 is 1. The highest BCUT2D eigenvalue weighted by Gasteiger charge is 2.29. The van der Waals surface area contributed by atoms with Gasteiger partial charge in [0.1, 0.15) is 0 Å². The van der Waals surface area contributed by atoms with Crippen LogP contribution in [0.1, 0.15) is 66.2 Å². The van der Waals surface area contributed by atoms with Crippen LogP contribution in [-0.4, -0.2) is 23.8 Å². The number of carbonyl (C=O) groups excluding carboxylic acids is 2. The van der Waals surface area contributed by atoms with Crippen molar-refractivity contribution in [2.75, 3.05) is 7.11 Å². The predicted octanol–water partition coefficient (Wildman–Crippen LogP) is 5.12. The summed E-state index contributed by atoms with van der Waals surface area (Å²) in [4.78, 5) is 24.0. The van der Waals surface area contributed by atoms with E-state index in [1.807, 2.05) is 13.0 Å². The summed E-state index contributed by atoms with van der Waals surface area (Å²) >= 11 is 0. The highest BCUT2D eigenvalue weighted by Crippen LogP contribution is 2.42. The molecule has 26 heavy (non-hydrogen) atoms. The number of aliphatic hydroxyl groups excluding tert-OH is 1. The summed E-state index contributed by atoms with van der Waals surface area (Å²) in [5.74, 6) is -1.47. The summed E-state index contributed by atoms with van der Waals surface area (Å²) in [5, 5.41) is 9.94. The van der Waals surface area contributed by atoms with E-state index in [0.717, 1.165) is 24.5 Å². The van der Waals surface area contributed by atoms with Gasteiger partial charge in [-0.3, -0.25) is 9.59 Å². The first-order valence-corrected chi connectivity index (χ1v) is 9.29. The third-order valence-electron chi connectivity index (χ3n) is 5.61. The molecule has 2 rings (SSSR count). The van der Waals surface area contributed by atoms with Crippen LogP contribution in [0, 0.1) is 5.41 Å². The molecule has 0 fully saturated rings. The van der Waals surface area contributed by atoms with E-state index in [4.69, 9.17) is 4.74 Å². The van der Waals surface area contributed by atoms with E-state index in [2.05, 4.69) is 20.8 Å². The summed E-state index contributed by atoms with van der Waals surface area (Å²) in [5.41, 5.74) is 4.58. The maximum atomic E-state index is 12.3. The van der Waals surface area contributed by atoms with Crippen molar-refractivity contribution in [3.63, 3.8) is 0 Å². The number of Topliss-reactive ketones (excluding diaryl/α,β-unsaturated/α-hetero) is 1. The number of aliphatic hydroxyl groups is 1. The second-order valence-corrected chi connectivity index (χ2v) is 7.98. The molecule has 2 aliphatic rings. The Balaban J connectivity index is 2.06. The summed E-state index contributed by atoms with van der Waals surface area (Å²) in [7, 11) is 1.35. The maximum Gasteiger partial charge on any atom is 0.227 e. The molecule has 0 aromatic carbocycles. The van der Waals surface area contributed by atoms with Crippen molar-refractivity contribution in [3.8, 4) is 0 Å². The first-order valence-electron chi connectivity index (χ1n) is 9.29. The molecule has 0 radical (unpaired) electrons. The number of hydrogen-bond donors (Lipinski definition) is 1. The normalized spacial score (nSPS) is 21.3. The average Bonchev–Trinajstić information content (AvgIpc) is 2.57. The van der Waals surface area contributed by atoms with Gasteiger partial charge in [-0.15, -0.1) is 0 Å². The standard InChI is InChI=1S/C22H30O4/c1-14(9-11-17-15(2)7-6-12-22(17,3)4)8-10-16-20(24)18(23)13-19(26-5)21(16)25/h8,13,24H,6-7,9-12H2,1-5H3/b14-8+. The van der Waals surface area contributed by atoms with E-state index >= 15 is 0 Å². The van der Waals surface area contributed by atoms with Crippen LogP contribution in [0.3, 0.4) is 0 Å². The van der Waals surface area contributed by atoms with Crippen LogP contribution < -0.4 is 0 Å². The monoisotopic (exact) mass is 358 g/mol. The lowest BCUT2D eigenvalue weighted by atomic mass is 9.71. The zero-order valence-electron chi connectivity index (χ0n) is 16.6. The minimum absolute atomic E-state index is 0.0152. The fourth-order valence-corrected chi connectivity index (χ4v) is 3.93. The van der Waals surface area contributed by atoms with Gasteiger partial charge in [-0.25, -0.2) is 0 Å². The van der Waals surface area contributed by atoms with E-state index in [1.54, 1.807) is 5.57 Å². The molecule has 0 saturated heterocycles. The van der Waals surface area contributed by atoms with E-state index < -0.39 is 17.3 Å². The summed E-state index contributed by atoms with van der Waals surface area (Å²) in [6.45, 7) is 8.91. The molecule has 0 aliphatic heterocycles. The van der Waals surface area contributed by atoms with Gasteiger partial charge in [0.25, 0.3) is 0 Å². The lowest BCUT2D eigenvalue weighted by molar-refractivity contribution is -0.119. The lowest BCUT2D eigenvalue weighted by Crippen LogP contribution is -2.20. The van der Waals surface area contributed by atoms with Crippen molar-refractivity contribution in [2.24, 2.45) is 5.41 Å². The number of hydrogen-bond acceptors (Lipinski definition) is 4. The van der Waals surface area contributed by atoms with Crippen LogP contribution in [0.15, 0.2) is 46.0 Å². The third kappa shape index (κ3) is 4.35. The van der Waals surface area contributed by atoms with Gasteiger partial charge in [0, 0.05) is 6.08 Å². The molecule has 2 aliphatic carbocycles. The molecular weight excluding hydrogens is 328 g/mol. The number of ketones is 2. The van der Waals surface area contributed by atoms with Crippen molar-refractivity contribution in [2.45, 2.75) is 66.2 Å². The second-order valence-electron chi connectivity index (χ2n) is 7.98.